The largest absolute Gasteiger partial charge is 0.312 e. The number of anilines is 6. The third-order valence-corrected chi connectivity index (χ3v) is 13.7. The monoisotopic (exact) mass is 754 g/mol. The summed E-state index contributed by atoms with van der Waals surface area (Å²) in [6.07, 6.45) is 0. The third-order valence-electron chi connectivity index (χ3n) is 13.7. The molecule has 0 atom stereocenters. The van der Waals surface area contributed by atoms with Gasteiger partial charge in [-0.1, -0.05) is 167 Å². The molecule has 8 aromatic rings. The Kier molecular flexibility index (Phi) is 7.31. The summed E-state index contributed by atoms with van der Waals surface area (Å²) < 4.78 is 0. The van der Waals surface area contributed by atoms with E-state index in [9.17, 15) is 0 Å². The maximum absolute atomic E-state index is 2.57. The molecule has 4 aliphatic heterocycles. The minimum absolute atomic E-state index is 0.0686. The smallest absolute Gasteiger partial charge is 0.248 e. The van der Waals surface area contributed by atoms with Gasteiger partial charge in [0.25, 0.3) is 0 Å². The molecule has 4 aliphatic rings. The number of benzene rings is 8. The summed E-state index contributed by atoms with van der Waals surface area (Å²) in [5.74, 6) is 0.512. The molecule has 0 spiro atoms. The molecule has 0 amide bonds. The van der Waals surface area contributed by atoms with Crippen molar-refractivity contribution in [1.82, 2.24) is 0 Å². The molecule has 4 heteroatoms. The zero-order chi connectivity index (χ0) is 39.7. The Balaban J connectivity index is 1.11. The minimum atomic E-state index is 0.0686. The summed E-state index contributed by atoms with van der Waals surface area (Å²) in [4.78, 5) is 5.13. The predicted octanol–water partition coefficient (Wildman–Crippen LogP) is 10.3. The molecule has 4 heterocycles. The van der Waals surface area contributed by atoms with Gasteiger partial charge < -0.3 is 9.80 Å². The van der Waals surface area contributed by atoms with Gasteiger partial charge in [0, 0.05) is 34.1 Å². The molecule has 0 N–H and O–H groups in total. The van der Waals surface area contributed by atoms with Crippen LogP contribution in [0.2, 0.25) is 0 Å². The van der Waals surface area contributed by atoms with Crippen LogP contribution in [0.4, 0.5) is 34.1 Å². The Morgan fingerprint density at radius 2 is 0.831 bits per heavy atom. The van der Waals surface area contributed by atoms with Gasteiger partial charge in [-0.25, -0.2) is 0 Å². The molecule has 2 nitrogen and oxygen atoms in total. The van der Waals surface area contributed by atoms with Crippen molar-refractivity contribution < 1.29 is 0 Å². The SMILES string of the molecule is CC(C)c1ccc(-c2ccc(N3c4cc5c(cc4B4c6ccccc6-c6cccc3c64)N(c3ccc(C(C)(C)C)cc3)c3cccc4c3B5c3ccccc3-4)cc2)cc1. The van der Waals surface area contributed by atoms with Crippen molar-refractivity contribution in [1.29, 1.82) is 0 Å². The third kappa shape index (κ3) is 4.96. The number of hydrogen-bond donors (Lipinski definition) is 0. The van der Waals surface area contributed by atoms with Crippen molar-refractivity contribution in [3.63, 3.8) is 0 Å². The molecular formula is C55H44B2N2. The Morgan fingerprint density at radius 3 is 1.29 bits per heavy atom. The van der Waals surface area contributed by atoms with Crippen LogP contribution in [0, 0.1) is 0 Å². The molecular weight excluding hydrogens is 710 g/mol. The number of hydrogen-bond acceptors (Lipinski definition) is 2. The minimum Gasteiger partial charge on any atom is -0.312 e. The lowest BCUT2D eigenvalue weighted by Crippen LogP contribution is -2.58. The lowest BCUT2D eigenvalue weighted by atomic mass is 9.34. The first-order valence-electron chi connectivity index (χ1n) is 21.3. The van der Waals surface area contributed by atoms with Crippen LogP contribution in [0.5, 0.6) is 0 Å². The number of rotatable bonds is 4. The summed E-state index contributed by atoms with van der Waals surface area (Å²) in [5, 5.41) is 0. The van der Waals surface area contributed by atoms with E-state index >= 15 is 0 Å². The summed E-state index contributed by atoms with van der Waals surface area (Å²) in [7, 11) is 0. The standard InChI is InChI=1S/C55H44B2N2/c1-34(2)35-20-22-36(23-21-35)37-24-28-39(29-25-37)58-49-18-10-14-43-41-12-6-8-16-45(41)56(53(43)49)47-33-52-48(32-51(47)58)57-46-17-9-7-13-42(46)44-15-11-19-50(54(44)57)59(52)40-30-26-38(27-31-40)55(3,4)5/h6-34H,1-5H3. The first-order chi connectivity index (χ1) is 28.7. The molecule has 0 saturated heterocycles. The second kappa shape index (κ2) is 12.5. The van der Waals surface area contributed by atoms with Gasteiger partial charge in [0.15, 0.2) is 0 Å². The number of fused-ring (bicyclic) bond motifs is 10. The second-order valence-corrected chi connectivity index (χ2v) is 18.3. The van der Waals surface area contributed by atoms with Crippen LogP contribution in [0.25, 0.3) is 33.4 Å². The van der Waals surface area contributed by atoms with Gasteiger partial charge in [-0.3, -0.25) is 0 Å². The van der Waals surface area contributed by atoms with Crippen LogP contribution < -0.4 is 42.6 Å². The lowest BCUT2D eigenvalue weighted by molar-refractivity contribution is 0.590. The maximum atomic E-state index is 2.57. The van der Waals surface area contributed by atoms with Gasteiger partial charge in [0.1, 0.15) is 0 Å². The van der Waals surface area contributed by atoms with E-state index in [1.807, 2.05) is 0 Å². The van der Waals surface area contributed by atoms with Crippen LogP contribution in [0.15, 0.2) is 170 Å². The van der Waals surface area contributed by atoms with Crippen LogP contribution in [0.1, 0.15) is 51.7 Å². The predicted molar refractivity (Wildman–Crippen MR) is 254 cm³/mol. The fourth-order valence-electron chi connectivity index (χ4n) is 10.8. The van der Waals surface area contributed by atoms with Crippen molar-refractivity contribution in [2.24, 2.45) is 0 Å². The van der Waals surface area contributed by atoms with Crippen LogP contribution in [0.3, 0.4) is 0 Å². The maximum Gasteiger partial charge on any atom is 0.248 e. The van der Waals surface area contributed by atoms with Crippen molar-refractivity contribution in [2.45, 2.75) is 46.0 Å². The topological polar surface area (TPSA) is 6.48 Å². The highest BCUT2D eigenvalue weighted by Crippen LogP contribution is 2.45. The summed E-state index contributed by atoms with van der Waals surface area (Å²) >= 11 is 0. The highest BCUT2D eigenvalue weighted by atomic mass is 15.2. The molecule has 0 aromatic heterocycles. The highest BCUT2D eigenvalue weighted by Gasteiger charge is 2.47. The second-order valence-electron chi connectivity index (χ2n) is 18.3. The van der Waals surface area contributed by atoms with Crippen molar-refractivity contribution >= 4 is 80.3 Å². The average Bonchev–Trinajstić information content (AvgIpc) is 3.79. The molecule has 8 aromatic carbocycles. The summed E-state index contributed by atoms with van der Waals surface area (Å²) in [6.45, 7) is 11.7. The van der Waals surface area contributed by atoms with Crippen LogP contribution in [-0.2, 0) is 5.41 Å². The molecule has 0 unspecified atom stereocenters. The van der Waals surface area contributed by atoms with Crippen molar-refractivity contribution in [3.8, 4) is 33.4 Å². The Bertz CT molecular complexity index is 3010. The summed E-state index contributed by atoms with van der Waals surface area (Å²) in [5.41, 5.74) is 26.4. The van der Waals surface area contributed by atoms with E-state index in [2.05, 4.69) is 214 Å². The Hall–Kier alpha value is -6.51. The Labute approximate surface area is 349 Å². The summed E-state index contributed by atoms with van der Waals surface area (Å²) in [6, 6.07) is 64.9. The molecule has 12 rings (SSSR count). The zero-order valence-electron chi connectivity index (χ0n) is 34.3. The van der Waals surface area contributed by atoms with E-state index in [0.29, 0.717) is 5.92 Å². The quantitative estimate of drug-likeness (QED) is 0.165. The van der Waals surface area contributed by atoms with Gasteiger partial charge in [-0.05, 0) is 126 Å². The zero-order valence-corrected chi connectivity index (χ0v) is 34.3. The fraction of sp³-hybridized carbons (Fsp3) is 0.127. The fourth-order valence-corrected chi connectivity index (χ4v) is 10.8. The average molecular weight is 755 g/mol. The van der Waals surface area contributed by atoms with E-state index in [1.165, 1.54) is 111 Å². The van der Waals surface area contributed by atoms with Crippen LogP contribution >= 0.6 is 0 Å². The van der Waals surface area contributed by atoms with Crippen LogP contribution in [-0.4, -0.2) is 13.4 Å². The first kappa shape index (κ1) is 34.5. The van der Waals surface area contributed by atoms with E-state index in [4.69, 9.17) is 0 Å². The lowest BCUT2D eigenvalue weighted by Gasteiger charge is -2.41. The van der Waals surface area contributed by atoms with Gasteiger partial charge >= 0.3 is 0 Å². The van der Waals surface area contributed by atoms with E-state index in [0.717, 1.165) is 0 Å². The van der Waals surface area contributed by atoms with Crippen molar-refractivity contribution in [2.75, 3.05) is 9.80 Å². The molecule has 0 fully saturated rings. The first-order valence-corrected chi connectivity index (χ1v) is 21.3. The van der Waals surface area contributed by atoms with Gasteiger partial charge in [-0.2, -0.15) is 0 Å². The van der Waals surface area contributed by atoms with E-state index < -0.39 is 0 Å². The van der Waals surface area contributed by atoms with Gasteiger partial charge in [0.2, 0.25) is 13.4 Å². The Morgan fingerprint density at radius 1 is 0.407 bits per heavy atom. The highest BCUT2D eigenvalue weighted by molar-refractivity contribution is 7.03. The normalized spacial score (nSPS) is 13.9. The molecule has 0 aliphatic carbocycles. The van der Waals surface area contributed by atoms with E-state index in [1.54, 1.807) is 0 Å². The van der Waals surface area contributed by atoms with E-state index in [-0.39, 0.29) is 18.8 Å². The van der Waals surface area contributed by atoms with Gasteiger partial charge in [0.05, 0.1) is 0 Å². The van der Waals surface area contributed by atoms with Crippen molar-refractivity contribution in [3.05, 3.63) is 181 Å². The van der Waals surface area contributed by atoms with Gasteiger partial charge in [-0.15, -0.1) is 0 Å². The molecule has 59 heavy (non-hydrogen) atoms. The molecule has 0 saturated carbocycles. The number of nitrogens with zero attached hydrogens (tertiary/aromatic N) is 2. The molecule has 280 valence electrons. The molecule has 0 radical (unpaired) electrons. The molecule has 0 bridgehead atoms.